The second-order valence-electron chi connectivity index (χ2n) is 22.7. The molecule has 2 aromatic carbocycles. The van der Waals surface area contributed by atoms with E-state index in [0.717, 1.165) is 61.6 Å². The standard InChI is InChI=1S/C59H92N18O13/c1-6-32(2)47(55(87)73-44(57(89)90)25-36-15-8-7-9-16-36)74-45(80)30-77(24-14-23-67-59(63)64)46(81)29-68-54(86)48(34(4)78)76-56(88)49(35(5)79)75-53(85)43(27-39-28-65-31-69-39)72-52(84)42(26-38-19-12-18-37-17-10-11-20-40(37)38)71-50(82)33(3)70-51(83)41(60)21-13-22-66-58(61)62/h10-12,17-20,28,31-36,41-44,47-49,78-79H,6-9,13-16,21-27,29-30,60H2,1-5H3,(H,65,69)(H,68,86)(H,70,83)(H,71,82)(H,72,84)(H,73,87)(H,74,80)(H,75,85)(H,76,88)(H,89,90)(H4,61,62,66)(H4,63,64,67)/t32?,33-,34+,35+,41-,42-,43-,44-,47-,48-,49-/m0/s1. The smallest absolute Gasteiger partial charge is 0.326 e. The minimum atomic E-state index is -1.87. The summed E-state index contributed by atoms with van der Waals surface area (Å²) in [6, 6.07) is 1.38. The lowest BCUT2D eigenvalue weighted by molar-refractivity contribution is -0.143. The molecule has 0 spiro atoms. The van der Waals surface area contributed by atoms with E-state index in [0.29, 0.717) is 24.1 Å². The summed E-state index contributed by atoms with van der Waals surface area (Å²) in [7, 11) is 0. The van der Waals surface area contributed by atoms with Gasteiger partial charge in [-0.1, -0.05) is 94.8 Å². The summed E-state index contributed by atoms with van der Waals surface area (Å²) in [5.74, 6) is -9.94. The van der Waals surface area contributed by atoms with Gasteiger partial charge in [0.2, 0.25) is 53.2 Å². The molecule has 0 radical (unpaired) electrons. The number of rotatable bonds is 37. The highest BCUT2D eigenvalue weighted by Crippen LogP contribution is 2.28. The molecule has 0 bridgehead atoms. The molecule has 1 aliphatic carbocycles. The number of carboxylic acid groups (broad SMARTS) is 1. The molecule has 22 N–H and O–H groups in total. The number of aliphatic hydroxyl groups is 2. The number of aromatic amines is 1. The third-order valence-corrected chi connectivity index (χ3v) is 15.4. The van der Waals surface area contributed by atoms with E-state index in [-0.39, 0.29) is 69.6 Å². The number of carbonyl (C=O) groups is 10. The molecule has 1 saturated carbocycles. The maximum Gasteiger partial charge on any atom is 0.326 e. The number of nitrogens with zero attached hydrogens (tertiary/aromatic N) is 4. The lowest BCUT2D eigenvalue weighted by atomic mass is 9.84. The average Bonchev–Trinajstić information content (AvgIpc) is 1.02. The summed E-state index contributed by atoms with van der Waals surface area (Å²) in [5.41, 5.74) is 28.8. The first-order chi connectivity index (χ1) is 42.7. The summed E-state index contributed by atoms with van der Waals surface area (Å²) in [6.07, 6.45) is 4.89. The van der Waals surface area contributed by atoms with Gasteiger partial charge in [-0.15, -0.1) is 0 Å². The Morgan fingerprint density at radius 3 is 1.87 bits per heavy atom. The fraction of sp³-hybridized carbons (Fsp3) is 0.576. The number of aliphatic hydroxyl groups excluding tert-OH is 2. The van der Waals surface area contributed by atoms with Gasteiger partial charge in [-0.25, -0.2) is 9.78 Å². The maximum absolute atomic E-state index is 14.6. The molecule has 1 aromatic heterocycles. The van der Waals surface area contributed by atoms with Crippen molar-refractivity contribution in [1.29, 1.82) is 0 Å². The summed E-state index contributed by atoms with van der Waals surface area (Å²) in [6.45, 7) is 5.83. The van der Waals surface area contributed by atoms with Crippen LogP contribution in [0, 0.1) is 11.8 Å². The molecule has 9 amide bonds. The second-order valence-corrected chi connectivity index (χ2v) is 22.7. The zero-order valence-corrected chi connectivity index (χ0v) is 51.7. The van der Waals surface area contributed by atoms with Crippen LogP contribution >= 0.6 is 0 Å². The SMILES string of the molecule is CCC(C)[C@H](NC(=O)CN(CCCN=C(N)N)C(=O)CNC(=O)[C@@H](NC(=O)[C@@H](NC(=O)[C@H](Cc1cnc[nH]1)NC(=O)[C@H](Cc1cccc2ccccc12)NC(=O)[C@H](C)NC(=O)[C@@H](N)CCCN=C(N)N)[C@@H](C)O)[C@@H](C)O)C(=O)N[C@@H](CC1CCCCC1)C(=O)O. The van der Waals surface area contributed by atoms with Crippen LogP contribution in [-0.2, 0) is 60.8 Å². The Balaban J connectivity index is 1.51. The molecule has 1 aliphatic rings. The van der Waals surface area contributed by atoms with Gasteiger partial charge in [-0.2, -0.15) is 0 Å². The molecular formula is C59H92N18O13. The van der Waals surface area contributed by atoms with E-state index in [1.54, 1.807) is 32.0 Å². The molecule has 1 heterocycles. The van der Waals surface area contributed by atoms with Gasteiger partial charge in [0.25, 0.3) is 0 Å². The monoisotopic (exact) mass is 1260 g/mol. The third-order valence-electron chi connectivity index (χ3n) is 15.4. The van der Waals surface area contributed by atoms with Gasteiger partial charge in [-0.05, 0) is 74.6 Å². The first kappa shape index (κ1) is 73.5. The van der Waals surface area contributed by atoms with Crippen LogP contribution in [0.5, 0.6) is 0 Å². The number of aromatic nitrogens is 2. The van der Waals surface area contributed by atoms with Crippen LogP contribution in [-0.4, -0.2) is 195 Å². The Hall–Kier alpha value is -8.97. The van der Waals surface area contributed by atoms with Crippen molar-refractivity contribution in [2.45, 2.75) is 172 Å². The van der Waals surface area contributed by atoms with Crippen LogP contribution in [0.25, 0.3) is 10.8 Å². The Kier molecular flexibility index (Phi) is 30.3. The van der Waals surface area contributed by atoms with E-state index in [9.17, 15) is 63.3 Å². The molecule has 4 rings (SSSR count). The van der Waals surface area contributed by atoms with Gasteiger partial charge in [0.1, 0.15) is 42.3 Å². The van der Waals surface area contributed by atoms with Crippen LogP contribution in [0.1, 0.15) is 110 Å². The topological polar surface area (TPSA) is 514 Å². The summed E-state index contributed by atoms with van der Waals surface area (Å²) < 4.78 is 0. The van der Waals surface area contributed by atoms with Crippen LogP contribution in [0.4, 0.5) is 0 Å². The molecule has 31 heteroatoms. The van der Waals surface area contributed by atoms with Crippen molar-refractivity contribution in [3.63, 3.8) is 0 Å². The number of aliphatic carboxylic acids is 1. The molecule has 0 aliphatic heterocycles. The Morgan fingerprint density at radius 2 is 1.24 bits per heavy atom. The van der Waals surface area contributed by atoms with E-state index in [4.69, 9.17) is 28.7 Å². The summed E-state index contributed by atoms with van der Waals surface area (Å²) in [5, 5.41) is 53.7. The molecular weight excluding hydrogens is 1170 g/mol. The number of nitrogens with two attached hydrogens (primary N) is 5. The predicted octanol–water partition coefficient (Wildman–Crippen LogP) is -3.39. The van der Waals surface area contributed by atoms with Gasteiger partial charge in [0.15, 0.2) is 11.9 Å². The number of carboxylic acids is 1. The largest absolute Gasteiger partial charge is 0.480 e. The number of aliphatic imine (C=N–C) groups is 2. The lowest BCUT2D eigenvalue weighted by Crippen LogP contribution is -2.62. The molecule has 31 nitrogen and oxygen atoms in total. The first-order valence-electron chi connectivity index (χ1n) is 30.3. The zero-order valence-electron chi connectivity index (χ0n) is 51.7. The minimum Gasteiger partial charge on any atom is -0.480 e. The fourth-order valence-electron chi connectivity index (χ4n) is 10.1. The number of H-pyrrole nitrogens is 1. The van der Waals surface area contributed by atoms with E-state index in [2.05, 4.69) is 62.5 Å². The number of hydrogen-bond acceptors (Lipinski definition) is 16. The van der Waals surface area contributed by atoms with Crippen molar-refractivity contribution in [2.75, 3.05) is 32.7 Å². The van der Waals surface area contributed by atoms with Crippen LogP contribution < -0.4 is 71.2 Å². The number of guanidine groups is 2. The van der Waals surface area contributed by atoms with E-state index in [1.165, 1.54) is 19.4 Å². The van der Waals surface area contributed by atoms with Crippen molar-refractivity contribution >= 4 is 81.8 Å². The maximum atomic E-state index is 14.6. The highest BCUT2D eigenvalue weighted by atomic mass is 16.4. The summed E-state index contributed by atoms with van der Waals surface area (Å²) >= 11 is 0. The van der Waals surface area contributed by atoms with Gasteiger partial charge < -0.3 is 96.4 Å². The quantitative estimate of drug-likeness (QED) is 0.0152. The average molecular weight is 1260 g/mol. The number of imidazole rings is 1. The Labute approximate surface area is 522 Å². The number of carbonyl (C=O) groups excluding carboxylic acids is 9. The molecule has 90 heavy (non-hydrogen) atoms. The van der Waals surface area contributed by atoms with Gasteiger partial charge >= 0.3 is 5.97 Å². The van der Waals surface area contributed by atoms with E-state index >= 15 is 0 Å². The van der Waals surface area contributed by atoms with Crippen LogP contribution in [0.2, 0.25) is 0 Å². The first-order valence-corrected chi connectivity index (χ1v) is 30.3. The summed E-state index contributed by atoms with van der Waals surface area (Å²) in [4.78, 5) is 153. The third kappa shape index (κ3) is 24.5. The number of benzene rings is 2. The fourth-order valence-corrected chi connectivity index (χ4v) is 10.1. The minimum absolute atomic E-state index is 0.0252. The molecule has 1 unspecified atom stereocenters. The van der Waals surface area contributed by atoms with Gasteiger partial charge in [0.05, 0.1) is 37.7 Å². The van der Waals surface area contributed by atoms with Crippen LogP contribution in [0.15, 0.2) is 65.0 Å². The number of hydrogen-bond donors (Lipinski definition) is 17. The highest BCUT2D eigenvalue weighted by molar-refractivity contribution is 5.98. The normalized spacial score (nSPS) is 16.0. The predicted molar refractivity (Wildman–Crippen MR) is 334 cm³/mol. The highest BCUT2D eigenvalue weighted by Gasteiger charge is 2.37. The molecule has 0 saturated heterocycles. The number of amides is 9. The molecule has 11 atom stereocenters. The Bertz CT molecular complexity index is 2940. The van der Waals surface area contributed by atoms with E-state index < -0.39 is 139 Å². The molecule has 3 aromatic rings. The van der Waals surface area contributed by atoms with Gasteiger partial charge in [-0.3, -0.25) is 53.1 Å². The van der Waals surface area contributed by atoms with Crippen molar-refractivity contribution in [3.8, 4) is 0 Å². The molecule has 496 valence electrons. The van der Waals surface area contributed by atoms with Gasteiger partial charge in [0, 0.05) is 44.4 Å². The van der Waals surface area contributed by atoms with E-state index in [1.807, 2.05) is 24.3 Å². The second kappa shape index (κ2) is 37.1. The van der Waals surface area contributed by atoms with Crippen LogP contribution in [0.3, 0.4) is 0 Å². The molecule has 1 fully saturated rings. The number of fused-ring (bicyclic) bond motifs is 1. The Morgan fingerprint density at radius 1 is 0.667 bits per heavy atom. The van der Waals surface area contributed by atoms with Crippen molar-refractivity contribution in [1.82, 2.24) is 57.4 Å². The lowest BCUT2D eigenvalue weighted by Gasteiger charge is -2.29. The van der Waals surface area contributed by atoms with Crippen molar-refractivity contribution in [3.05, 3.63) is 66.2 Å². The zero-order chi connectivity index (χ0) is 66.6. The number of nitrogens with one attached hydrogen (secondary N) is 9. The van der Waals surface area contributed by atoms with Crippen molar-refractivity contribution < 1.29 is 63.3 Å². The van der Waals surface area contributed by atoms with Crippen molar-refractivity contribution in [2.24, 2.45) is 50.5 Å².